The molecule has 2 heteroatoms. The zero-order valence-electron chi connectivity index (χ0n) is 7.88. The summed E-state index contributed by atoms with van der Waals surface area (Å²) in [5.74, 6) is -0.777. The lowest BCUT2D eigenvalue weighted by molar-refractivity contribution is -0.131. The zero-order valence-corrected chi connectivity index (χ0v) is 7.88. The molecule has 2 nitrogen and oxygen atoms in total. The Hall–Kier alpha value is -0.790. The maximum atomic E-state index is 10.4. The third kappa shape index (κ3) is 1.77. The summed E-state index contributed by atoms with van der Waals surface area (Å²) in [5.41, 5.74) is 1.67. The Morgan fingerprint density at radius 2 is 1.85 bits per heavy atom. The number of allylic oxidation sites excluding steroid dienone is 1. The van der Waals surface area contributed by atoms with Gasteiger partial charge in [0.1, 0.15) is 0 Å². The van der Waals surface area contributed by atoms with E-state index in [-0.39, 0.29) is 0 Å². The van der Waals surface area contributed by atoms with Crippen LogP contribution in [0.25, 0.3) is 0 Å². The Morgan fingerprint density at radius 3 is 2.38 bits per heavy atom. The fourth-order valence-corrected chi connectivity index (χ4v) is 2.84. The number of hydrogen-bond donors (Lipinski definition) is 1. The first-order chi connectivity index (χ1) is 6.20. The van der Waals surface area contributed by atoms with Crippen LogP contribution in [0.5, 0.6) is 0 Å². The van der Waals surface area contributed by atoms with E-state index in [1.165, 1.54) is 38.2 Å². The standard InChI is InChI=1S/C11H16O2/c12-10(13)6-9-7-11(8-9)4-2-1-3-5-11/h6H,1-5,7-8H2,(H,12,13). The topological polar surface area (TPSA) is 37.3 Å². The van der Waals surface area contributed by atoms with Crippen LogP contribution >= 0.6 is 0 Å². The largest absolute Gasteiger partial charge is 0.478 e. The first-order valence-electron chi connectivity index (χ1n) is 5.13. The number of carbonyl (C=O) groups is 1. The second-order valence-corrected chi connectivity index (χ2v) is 4.56. The average molecular weight is 180 g/mol. The summed E-state index contributed by atoms with van der Waals surface area (Å²) in [6.45, 7) is 0. The van der Waals surface area contributed by atoms with Crippen LogP contribution in [-0.4, -0.2) is 11.1 Å². The van der Waals surface area contributed by atoms with Crippen molar-refractivity contribution in [3.63, 3.8) is 0 Å². The molecule has 2 saturated carbocycles. The number of carboxylic acids is 1. The van der Waals surface area contributed by atoms with Crippen molar-refractivity contribution in [1.29, 1.82) is 0 Å². The highest BCUT2D eigenvalue weighted by Gasteiger charge is 2.40. The summed E-state index contributed by atoms with van der Waals surface area (Å²) in [7, 11) is 0. The van der Waals surface area contributed by atoms with E-state index in [1.54, 1.807) is 0 Å². The van der Waals surface area contributed by atoms with E-state index >= 15 is 0 Å². The van der Waals surface area contributed by atoms with Gasteiger partial charge in [0.15, 0.2) is 0 Å². The van der Waals surface area contributed by atoms with Crippen molar-refractivity contribution in [3.05, 3.63) is 11.6 Å². The van der Waals surface area contributed by atoms with E-state index in [2.05, 4.69) is 0 Å². The van der Waals surface area contributed by atoms with Gasteiger partial charge in [-0.25, -0.2) is 4.79 Å². The van der Waals surface area contributed by atoms with Crippen molar-refractivity contribution in [1.82, 2.24) is 0 Å². The van der Waals surface area contributed by atoms with Gasteiger partial charge in [0, 0.05) is 6.08 Å². The number of hydrogen-bond acceptors (Lipinski definition) is 1. The van der Waals surface area contributed by atoms with Crippen LogP contribution in [0, 0.1) is 5.41 Å². The summed E-state index contributed by atoms with van der Waals surface area (Å²) >= 11 is 0. The van der Waals surface area contributed by atoms with Gasteiger partial charge >= 0.3 is 5.97 Å². The normalized spacial score (nSPS) is 25.4. The maximum absolute atomic E-state index is 10.4. The molecule has 0 bridgehead atoms. The summed E-state index contributed by atoms with van der Waals surface area (Å²) in [6.07, 6.45) is 10.2. The molecule has 0 radical (unpaired) electrons. The molecule has 13 heavy (non-hydrogen) atoms. The summed E-state index contributed by atoms with van der Waals surface area (Å²) in [6, 6.07) is 0. The first kappa shape index (κ1) is 8.79. The van der Waals surface area contributed by atoms with Crippen molar-refractivity contribution < 1.29 is 9.90 Å². The minimum Gasteiger partial charge on any atom is -0.478 e. The molecular formula is C11H16O2. The molecular weight excluding hydrogens is 164 g/mol. The van der Waals surface area contributed by atoms with Gasteiger partial charge in [-0.3, -0.25) is 0 Å². The summed E-state index contributed by atoms with van der Waals surface area (Å²) in [5, 5.41) is 8.56. The molecule has 0 heterocycles. The van der Waals surface area contributed by atoms with Gasteiger partial charge < -0.3 is 5.11 Å². The van der Waals surface area contributed by atoms with E-state index < -0.39 is 5.97 Å². The Bertz CT molecular complexity index is 237. The lowest BCUT2D eigenvalue weighted by atomic mass is 9.58. The molecule has 0 aromatic heterocycles. The number of rotatable bonds is 1. The van der Waals surface area contributed by atoms with Gasteiger partial charge in [-0.2, -0.15) is 0 Å². The highest BCUT2D eigenvalue weighted by Crippen LogP contribution is 2.54. The van der Waals surface area contributed by atoms with Crippen LogP contribution in [0.3, 0.4) is 0 Å². The minimum atomic E-state index is -0.777. The van der Waals surface area contributed by atoms with Gasteiger partial charge in [0.2, 0.25) is 0 Å². The van der Waals surface area contributed by atoms with E-state index in [4.69, 9.17) is 5.11 Å². The Balaban J connectivity index is 1.91. The zero-order chi connectivity index (χ0) is 9.31. The third-order valence-electron chi connectivity index (χ3n) is 3.45. The van der Waals surface area contributed by atoms with Crippen LogP contribution in [0.15, 0.2) is 11.6 Å². The lowest BCUT2D eigenvalue weighted by Crippen LogP contribution is -2.33. The Morgan fingerprint density at radius 1 is 1.23 bits per heavy atom. The molecule has 0 aliphatic heterocycles. The van der Waals surface area contributed by atoms with Crippen LogP contribution in [0.1, 0.15) is 44.9 Å². The fourth-order valence-electron chi connectivity index (χ4n) is 2.84. The van der Waals surface area contributed by atoms with Gasteiger partial charge in [0.25, 0.3) is 0 Å². The molecule has 2 aliphatic carbocycles. The Kier molecular flexibility index (Phi) is 2.14. The van der Waals surface area contributed by atoms with Crippen molar-refractivity contribution in [2.75, 3.05) is 0 Å². The second kappa shape index (κ2) is 3.17. The number of carboxylic acid groups (broad SMARTS) is 1. The summed E-state index contributed by atoms with van der Waals surface area (Å²) in [4.78, 5) is 10.4. The monoisotopic (exact) mass is 180 g/mol. The predicted molar refractivity (Wildman–Crippen MR) is 50.5 cm³/mol. The van der Waals surface area contributed by atoms with Crippen LogP contribution < -0.4 is 0 Å². The van der Waals surface area contributed by atoms with E-state index in [9.17, 15) is 4.79 Å². The molecule has 0 unspecified atom stereocenters. The van der Waals surface area contributed by atoms with Gasteiger partial charge in [0.05, 0.1) is 0 Å². The van der Waals surface area contributed by atoms with Crippen LogP contribution in [0.2, 0.25) is 0 Å². The maximum Gasteiger partial charge on any atom is 0.328 e. The predicted octanol–water partition coefficient (Wildman–Crippen LogP) is 2.74. The molecule has 0 saturated heterocycles. The van der Waals surface area contributed by atoms with Crippen LogP contribution in [-0.2, 0) is 4.79 Å². The van der Waals surface area contributed by atoms with Crippen molar-refractivity contribution in [2.24, 2.45) is 5.41 Å². The first-order valence-corrected chi connectivity index (χ1v) is 5.13. The highest BCUT2D eigenvalue weighted by atomic mass is 16.4. The van der Waals surface area contributed by atoms with E-state index in [0.29, 0.717) is 5.41 Å². The molecule has 0 aromatic carbocycles. The van der Waals surface area contributed by atoms with Gasteiger partial charge in [-0.05, 0) is 31.1 Å². The molecule has 1 spiro atoms. The second-order valence-electron chi connectivity index (χ2n) is 4.56. The Labute approximate surface area is 78.6 Å². The van der Waals surface area contributed by atoms with Crippen molar-refractivity contribution >= 4 is 5.97 Å². The van der Waals surface area contributed by atoms with Gasteiger partial charge in [-0.1, -0.05) is 24.8 Å². The van der Waals surface area contributed by atoms with Crippen LogP contribution in [0.4, 0.5) is 0 Å². The number of aliphatic carboxylic acids is 1. The molecule has 0 amide bonds. The van der Waals surface area contributed by atoms with Crippen molar-refractivity contribution in [3.8, 4) is 0 Å². The average Bonchev–Trinajstić information content (AvgIpc) is 2.02. The lowest BCUT2D eigenvalue weighted by Gasteiger charge is -2.46. The highest BCUT2D eigenvalue weighted by molar-refractivity contribution is 5.81. The molecule has 2 rings (SSSR count). The van der Waals surface area contributed by atoms with Crippen molar-refractivity contribution in [2.45, 2.75) is 44.9 Å². The molecule has 0 aromatic rings. The molecule has 2 fully saturated rings. The summed E-state index contributed by atoms with van der Waals surface area (Å²) < 4.78 is 0. The van der Waals surface area contributed by atoms with Gasteiger partial charge in [-0.15, -0.1) is 0 Å². The molecule has 1 N–H and O–H groups in total. The smallest absolute Gasteiger partial charge is 0.328 e. The third-order valence-corrected chi connectivity index (χ3v) is 3.45. The minimum absolute atomic E-state index is 0.527. The fraction of sp³-hybridized carbons (Fsp3) is 0.727. The molecule has 0 atom stereocenters. The van der Waals surface area contributed by atoms with E-state index in [1.807, 2.05) is 0 Å². The molecule has 72 valence electrons. The molecule has 2 aliphatic rings. The quantitative estimate of drug-likeness (QED) is 0.630. The SMILES string of the molecule is O=C(O)C=C1CC2(CCCCC2)C1. The van der Waals surface area contributed by atoms with E-state index in [0.717, 1.165) is 18.4 Å².